The van der Waals surface area contributed by atoms with E-state index in [9.17, 15) is 13.2 Å². The molecule has 1 N–H and O–H groups in total. The molecule has 7 nitrogen and oxygen atoms in total. The van der Waals surface area contributed by atoms with Crippen LogP contribution in [0.2, 0.25) is 0 Å². The molecule has 1 aliphatic heterocycles. The number of anilines is 1. The number of rotatable bonds is 7. The number of hydrogen-bond donors (Lipinski definition) is 1. The number of hydrogen-bond acceptors (Lipinski definition) is 5. The molecule has 0 saturated carbocycles. The zero-order chi connectivity index (χ0) is 20.9. The van der Waals surface area contributed by atoms with Crippen molar-refractivity contribution in [1.82, 2.24) is 9.80 Å². The smallest absolute Gasteiger partial charge is 0.261 e. The third-order valence-corrected chi connectivity index (χ3v) is 6.69. The molecule has 0 aliphatic carbocycles. The average molecular weight is 482 g/mol. The van der Waals surface area contributed by atoms with Crippen LogP contribution in [0.25, 0.3) is 0 Å². The van der Waals surface area contributed by atoms with Crippen LogP contribution in [0.5, 0.6) is 5.75 Å². The van der Waals surface area contributed by atoms with Crippen LogP contribution in [0.3, 0.4) is 0 Å². The Balaban J connectivity index is 1.54. The highest BCUT2D eigenvalue weighted by molar-refractivity contribution is 9.10. The van der Waals surface area contributed by atoms with Gasteiger partial charge in [-0.15, -0.1) is 0 Å². The number of carbonyl (C=O) groups excluding carboxylic acids is 1. The van der Waals surface area contributed by atoms with Crippen molar-refractivity contribution < 1.29 is 17.9 Å². The number of likely N-dealkylation sites (N-methyl/N-ethyl adjacent to an activating group) is 1. The predicted molar refractivity (Wildman–Crippen MR) is 116 cm³/mol. The summed E-state index contributed by atoms with van der Waals surface area (Å²) in [7, 11) is -3.70. The third-order valence-electron chi connectivity index (χ3n) is 4.76. The summed E-state index contributed by atoms with van der Waals surface area (Å²) in [6.07, 6.45) is 0. The van der Waals surface area contributed by atoms with Gasteiger partial charge in [-0.2, -0.15) is 0 Å². The van der Waals surface area contributed by atoms with Crippen LogP contribution in [-0.4, -0.2) is 63.5 Å². The highest BCUT2D eigenvalue weighted by Gasteiger charge is 2.20. The number of nitrogens with zero attached hydrogens (tertiary/aromatic N) is 2. The second-order valence-corrected chi connectivity index (χ2v) is 9.29. The van der Waals surface area contributed by atoms with E-state index >= 15 is 0 Å². The van der Waals surface area contributed by atoms with E-state index in [-0.39, 0.29) is 17.4 Å². The molecule has 1 aliphatic rings. The third kappa shape index (κ3) is 5.94. The second-order valence-electron chi connectivity index (χ2n) is 6.69. The van der Waals surface area contributed by atoms with E-state index in [4.69, 9.17) is 4.74 Å². The normalized spacial score (nSPS) is 15.2. The van der Waals surface area contributed by atoms with E-state index in [0.29, 0.717) is 24.5 Å². The van der Waals surface area contributed by atoms with Crippen LogP contribution in [0.15, 0.2) is 57.9 Å². The Morgan fingerprint density at radius 3 is 2.24 bits per heavy atom. The van der Waals surface area contributed by atoms with Crippen LogP contribution in [0.4, 0.5) is 5.69 Å². The van der Waals surface area contributed by atoms with Gasteiger partial charge < -0.3 is 14.5 Å². The fourth-order valence-corrected chi connectivity index (χ4v) is 4.32. The number of carbonyl (C=O) groups is 1. The molecule has 0 bridgehead atoms. The maximum Gasteiger partial charge on any atom is 0.261 e. The molecule has 29 heavy (non-hydrogen) atoms. The van der Waals surface area contributed by atoms with Gasteiger partial charge in [0.2, 0.25) is 0 Å². The summed E-state index contributed by atoms with van der Waals surface area (Å²) < 4.78 is 33.9. The molecule has 2 aromatic carbocycles. The van der Waals surface area contributed by atoms with Crippen molar-refractivity contribution in [3.05, 3.63) is 53.0 Å². The Morgan fingerprint density at radius 2 is 1.66 bits per heavy atom. The van der Waals surface area contributed by atoms with Crippen molar-refractivity contribution in [2.75, 3.05) is 44.1 Å². The molecule has 1 heterocycles. The van der Waals surface area contributed by atoms with Gasteiger partial charge in [0.1, 0.15) is 5.75 Å². The Kier molecular flexibility index (Phi) is 7.15. The molecule has 9 heteroatoms. The molecule has 1 amide bonds. The van der Waals surface area contributed by atoms with Crippen molar-refractivity contribution in [3.63, 3.8) is 0 Å². The number of piperazine rings is 1. The summed E-state index contributed by atoms with van der Waals surface area (Å²) in [4.78, 5) is 16.5. The molecule has 0 aromatic heterocycles. The highest BCUT2D eigenvalue weighted by atomic mass is 79.9. The molecule has 156 valence electrons. The van der Waals surface area contributed by atoms with E-state index in [1.807, 2.05) is 0 Å². The summed E-state index contributed by atoms with van der Waals surface area (Å²) in [5.41, 5.74) is 0.474. The first-order valence-corrected chi connectivity index (χ1v) is 11.7. The fourth-order valence-electron chi connectivity index (χ4n) is 3.00. The maximum absolute atomic E-state index is 12.5. The van der Waals surface area contributed by atoms with Crippen molar-refractivity contribution >= 4 is 37.5 Å². The molecule has 0 radical (unpaired) electrons. The lowest BCUT2D eigenvalue weighted by Crippen LogP contribution is -2.49. The van der Waals surface area contributed by atoms with Gasteiger partial charge in [0.05, 0.1) is 4.90 Å². The molecule has 0 unspecified atom stereocenters. The summed E-state index contributed by atoms with van der Waals surface area (Å²) >= 11 is 3.31. The summed E-state index contributed by atoms with van der Waals surface area (Å²) in [5.74, 6) is 0.391. The number of nitrogens with one attached hydrogen (secondary N) is 1. The fraction of sp³-hybridized carbons (Fsp3) is 0.350. The van der Waals surface area contributed by atoms with Crippen LogP contribution in [0.1, 0.15) is 6.92 Å². The van der Waals surface area contributed by atoms with E-state index < -0.39 is 10.0 Å². The molecule has 1 fully saturated rings. The van der Waals surface area contributed by atoms with Crippen LogP contribution in [0, 0.1) is 0 Å². The van der Waals surface area contributed by atoms with Crippen molar-refractivity contribution in [3.8, 4) is 5.75 Å². The number of ether oxygens (including phenoxy) is 1. The Labute approximate surface area is 179 Å². The standard InChI is InChI=1S/C20H24BrN3O4S/c1-2-23-11-13-24(14-12-23)20(25)15-28-18-7-9-19(10-8-18)29(26,27)22-17-5-3-16(21)4-6-17/h3-10,22H,2,11-15H2,1H3. The number of amides is 1. The maximum atomic E-state index is 12.5. The SMILES string of the molecule is CCN1CCN(C(=O)COc2ccc(S(=O)(=O)Nc3ccc(Br)cc3)cc2)CC1. The van der Waals surface area contributed by atoms with E-state index in [0.717, 1.165) is 24.1 Å². The van der Waals surface area contributed by atoms with Gasteiger partial charge in [0.15, 0.2) is 6.61 Å². The van der Waals surface area contributed by atoms with Crippen molar-refractivity contribution in [2.45, 2.75) is 11.8 Å². The van der Waals surface area contributed by atoms with Crippen molar-refractivity contribution in [1.29, 1.82) is 0 Å². The number of halogens is 1. The molecular weight excluding hydrogens is 458 g/mol. The molecule has 1 saturated heterocycles. The lowest BCUT2D eigenvalue weighted by Gasteiger charge is -2.33. The first-order chi connectivity index (χ1) is 13.9. The van der Waals surface area contributed by atoms with Gasteiger partial charge in [-0.25, -0.2) is 8.42 Å². The minimum absolute atomic E-state index is 0.0602. The second kappa shape index (κ2) is 9.60. The molecule has 2 aromatic rings. The van der Waals surface area contributed by atoms with Gasteiger partial charge in [-0.1, -0.05) is 22.9 Å². The molecule has 3 rings (SSSR count). The van der Waals surface area contributed by atoms with E-state index in [1.54, 1.807) is 41.3 Å². The van der Waals surface area contributed by atoms with Gasteiger partial charge >= 0.3 is 0 Å². The number of sulfonamides is 1. The first-order valence-electron chi connectivity index (χ1n) is 9.39. The largest absolute Gasteiger partial charge is 0.484 e. The Bertz CT molecular complexity index is 925. The highest BCUT2D eigenvalue weighted by Crippen LogP contribution is 2.21. The Morgan fingerprint density at radius 1 is 1.03 bits per heavy atom. The van der Waals surface area contributed by atoms with Crippen LogP contribution < -0.4 is 9.46 Å². The lowest BCUT2D eigenvalue weighted by molar-refractivity contribution is -0.135. The van der Waals surface area contributed by atoms with E-state index in [2.05, 4.69) is 32.5 Å². The van der Waals surface area contributed by atoms with Gasteiger partial charge in [0, 0.05) is 36.3 Å². The first kappa shape index (κ1) is 21.6. The molecule has 0 spiro atoms. The minimum atomic E-state index is -3.70. The zero-order valence-corrected chi connectivity index (χ0v) is 18.6. The van der Waals surface area contributed by atoms with Gasteiger partial charge in [0.25, 0.3) is 15.9 Å². The van der Waals surface area contributed by atoms with Crippen LogP contribution in [-0.2, 0) is 14.8 Å². The van der Waals surface area contributed by atoms with Gasteiger partial charge in [-0.3, -0.25) is 9.52 Å². The summed E-state index contributed by atoms with van der Waals surface area (Å²) in [6, 6.07) is 12.9. The molecule has 0 atom stereocenters. The van der Waals surface area contributed by atoms with Crippen molar-refractivity contribution in [2.24, 2.45) is 0 Å². The number of benzene rings is 2. The quantitative estimate of drug-likeness (QED) is 0.657. The topological polar surface area (TPSA) is 79.0 Å². The molecular formula is C20H24BrN3O4S. The lowest BCUT2D eigenvalue weighted by atomic mass is 10.3. The summed E-state index contributed by atoms with van der Waals surface area (Å²) in [5, 5.41) is 0. The Hall–Kier alpha value is -2.10. The van der Waals surface area contributed by atoms with Crippen LogP contribution >= 0.6 is 15.9 Å². The average Bonchev–Trinajstić information content (AvgIpc) is 2.74. The predicted octanol–water partition coefficient (Wildman–Crippen LogP) is 2.79. The monoisotopic (exact) mass is 481 g/mol. The zero-order valence-electron chi connectivity index (χ0n) is 16.2. The minimum Gasteiger partial charge on any atom is -0.484 e. The van der Waals surface area contributed by atoms with E-state index in [1.165, 1.54) is 12.1 Å². The van der Waals surface area contributed by atoms with Gasteiger partial charge in [-0.05, 0) is 55.1 Å². The summed E-state index contributed by atoms with van der Waals surface area (Å²) in [6.45, 7) is 6.20.